The number of morpholine rings is 1. The van der Waals surface area contributed by atoms with Gasteiger partial charge in [-0.1, -0.05) is 30.3 Å². The van der Waals surface area contributed by atoms with Crippen LogP contribution in [-0.4, -0.2) is 43.2 Å². The first-order valence-corrected chi connectivity index (χ1v) is 9.24. The van der Waals surface area contributed by atoms with Gasteiger partial charge in [0.1, 0.15) is 6.10 Å². The zero-order valence-corrected chi connectivity index (χ0v) is 14.8. The van der Waals surface area contributed by atoms with Crippen LogP contribution in [0.25, 0.3) is 0 Å². The number of ether oxygens (including phenoxy) is 1. The van der Waals surface area contributed by atoms with Crippen molar-refractivity contribution < 1.29 is 9.53 Å². The lowest BCUT2D eigenvalue weighted by Gasteiger charge is -2.29. The highest BCUT2D eigenvalue weighted by Gasteiger charge is 2.27. The van der Waals surface area contributed by atoms with Crippen molar-refractivity contribution in [2.45, 2.75) is 26.0 Å². The van der Waals surface area contributed by atoms with Crippen molar-refractivity contribution >= 4 is 17.2 Å². The Bertz CT molecular complexity index is 650. The Kier molecular flexibility index (Phi) is 6.01. The Balaban J connectivity index is 1.68. The molecule has 4 nitrogen and oxygen atoms in total. The molecule has 3 rings (SSSR count). The second kappa shape index (κ2) is 8.42. The SMILES string of the molecule is Cc1ccc(CN(CCc2ccccc2)C(=O)C2CNCCO2)s1. The molecule has 0 bridgehead atoms. The van der Waals surface area contributed by atoms with Crippen molar-refractivity contribution in [3.8, 4) is 0 Å². The molecule has 1 atom stereocenters. The van der Waals surface area contributed by atoms with Gasteiger partial charge in [-0.15, -0.1) is 11.3 Å². The molecule has 0 aliphatic carbocycles. The molecule has 1 aromatic carbocycles. The van der Waals surface area contributed by atoms with Crippen molar-refractivity contribution in [1.29, 1.82) is 0 Å². The summed E-state index contributed by atoms with van der Waals surface area (Å²) in [7, 11) is 0. The fourth-order valence-corrected chi connectivity index (χ4v) is 3.77. The molecule has 2 aromatic rings. The molecule has 5 heteroatoms. The standard InChI is InChI=1S/C19H24N2O2S/c1-15-7-8-17(24-15)14-21(11-9-16-5-3-2-4-6-16)19(22)18-13-20-10-12-23-18/h2-8,18,20H,9-14H2,1H3. The zero-order valence-electron chi connectivity index (χ0n) is 14.0. The highest BCUT2D eigenvalue weighted by molar-refractivity contribution is 7.11. The van der Waals surface area contributed by atoms with Crippen LogP contribution in [0.3, 0.4) is 0 Å². The van der Waals surface area contributed by atoms with Gasteiger partial charge in [0.05, 0.1) is 13.2 Å². The third-order valence-electron chi connectivity index (χ3n) is 4.17. The first kappa shape index (κ1) is 17.1. The second-order valence-corrected chi connectivity index (χ2v) is 7.44. The number of nitrogens with zero attached hydrogens (tertiary/aromatic N) is 1. The van der Waals surface area contributed by atoms with Crippen molar-refractivity contribution in [3.05, 3.63) is 57.8 Å². The van der Waals surface area contributed by atoms with Gasteiger partial charge in [-0.05, 0) is 31.0 Å². The molecule has 1 unspecified atom stereocenters. The summed E-state index contributed by atoms with van der Waals surface area (Å²) in [5, 5.41) is 3.24. The molecule has 1 aliphatic heterocycles. The average Bonchev–Trinajstić information content (AvgIpc) is 3.04. The molecule has 1 amide bonds. The molecule has 1 saturated heterocycles. The minimum absolute atomic E-state index is 0.0872. The van der Waals surface area contributed by atoms with E-state index in [0.29, 0.717) is 26.2 Å². The molecule has 1 fully saturated rings. The van der Waals surface area contributed by atoms with E-state index in [0.717, 1.165) is 13.0 Å². The van der Waals surface area contributed by atoms with Crippen LogP contribution in [0.1, 0.15) is 15.3 Å². The van der Waals surface area contributed by atoms with E-state index in [1.807, 2.05) is 23.1 Å². The lowest BCUT2D eigenvalue weighted by Crippen LogP contribution is -2.49. The number of aryl methyl sites for hydroxylation is 1. The minimum Gasteiger partial charge on any atom is -0.366 e. The number of hydrogen-bond acceptors (Lipinski definition) is 4. The fraction of sp³-hybridized carbons (Fsp3) is 0.421. The van der Waals surface area contributed by atoms with Crippen molar-refractivity contribution in [2.24, 2.45) is 0 Å². The van der Waals surface area contributed by atoms with Gasteiger partial charge in [0, 0.05) is 29.4 Å². The van der Waals surface area contributed by atoms with E-state index in [9.17, 15) is 4.79 Å². The number of amides is 1. The van der Waals surface area contributed by atoms with Crippen molar-refractivity contribution in [2.75, 3.05) is 26.2 Å². The third kappa shape index (κ3) is 4.66. The quantitative estimate of drug-likeness (QED) is 0.876. The molecule has 0 radical (unpaired) electrons. The molecule has 24 heavy (non-hydrogen) atoms. The molecule has 0 spiro atoms. The number of benzene rings is 1. The van der Waals surface area contributed by atoms with Gasteiger partial charge in [-0.2, -0.15) is 0 Å². The van der Waals surface area contributed by atoms with E-state index in [4.69, 9.17) is 4.74 Å². The van der Waals surface area contributed by atoms with E-state index in [-0.39, 0.29) is 12.0 Å². The predicted molar refractivity (Wildman–Crippen MR) is 97.2 cm³/mol. The number of carbonyl (C=O) groups is 1. The van der Waals surface area contributed by atoms with E-state index in [2.05, 4.69) is 36.5 Å². The molecule has 2 heterocycles. The molecular formula is C19H24N2O2S. The Morgan fingerprint density at radius 1 is 1.29 bits per heavy atom. The summed E-state index contributed by atoms with van der Waals surface area (Å²) in [6.07, 6.45) is 0.493. The molecule has 1 aliphatic rings. The van der Waals surface area contributed by atoms with Gasteiger partial charge in [-0.3, -0.25) is 4.79 Å². The van der Waals surface area contributed by atoms with E-state index < -0.39 is 0 Å². The highest BCUT2D eigenvalue weighted by atomic mass is 32.1. The Morgan fingerprint density at radius 2 is 2.12 bits per heavy atom. The van der Waals surface area contributed by atoms with Crippen LogP contribution in [-0.2, 0) is 22.5 Å². The van der Waals surface area contributed by atoms with Gasteiger partial charge in [0.2, 0.25) is 0 Å². The van der Waals surface area contributed by atoms with Crippen LogP contribution < -0.4 is 5.32 Å². The van der Waals surface area contributed by atoms with E-state index >= 15 is 0 Å². The second-order valence-electron chi connectivity index (χ2n) is 6.07. The highest BCUT2D eigenvalue weighted by Crippen LogP contribution is 2.18. The third-order valence-corrected chi connectivity index (χ3v) is 5.16. The normalized spacial score (nSPS) is 17.6. The summed E-state index contributed by atoms with van der Waals surface area (Å²) in [5.41, 5.74) is 1.25. The number of nitrogens with one attached hydrogen (secondary N) is 1. The smallest absolute Gasteiger partial charge is 0.253 e. The summed E-state index contributed by atoms with van der Waals surface area (Å²) < 4.78 is 5.67. The summed E-state index contributed by atoms with van der Waals surface area (Å²) in [4.78, 5) is 17.3. The molecule has 0 saturated carbocycles. The van der Waals surface area contributed by atoms with Gasteiger partial charge < -0.3 is 15.0 Å². The Labute approximate surface area is 147 Å². The maximum Gasteiger partial charge on any atom is 0.253 e. The van der Waals surface area contributed by atoms with Gasteiger partial charge in [-0.25, -0.2) is 0 Å². The topological polar surface area (TPSA) is 41.6 Å². The van der Waals surface area contributed by atoms with Crippen LogP contribution >= 0.6 is 11.3 Å². The van der Waals surface area contributed by atoms with Crippen LogP contribution in [0.15, 0.2) is 42.5 Å². The van der Waals surface area contributed by atoms with Gasteiger partial charge >= 0.3 is 0 Å². The molecule has 1 N–H and O–H groups in total. The van der Waals surface area contributed by atoms with E-state index in [1.165, 1.54) is 15.3 Å². The number of carbonyl (C=O) groups excluding carboxylic acids is 1. The van der Waals surface area contributed by atoms with Crippen LogP contribution in [0.2, 0.25) is 0 Å². The summed E-state index contributed by atoms with van der Waals surface area (Å²) in [5.74, 6) is 0.0872. The van der Waals surface area contributed by atoms with Crippen molar-refractivity contribution in [3.63, 3.8) is 0 Å². The largest absolute Gasteiger partial charge is 0.366 e. The van der Waals surface area contributed by atoms with Crippen LogP contribution in [0.4, 0.5) is 0 Å². The fourth-order valence-electron chi connectivity index (χ4n) is 2.86. The Morgan fingerprint density at radius 3 is 2.79 bits per heavy atom. The van der Waals surface area contributed by atoms with Crippen molar-refractivity contribution in [1.82, 2.24) is 10.2 Å². The van der Waals surface area contributed by atoms with E-state index in [1.54, 1.807) is 11.3 Å². The number of thiophene rings is 1. The number of hydrogen-bond donors (Lipinski definition) is 1. The predicted octanol–water partition coefficient (Wildman–Crippen LogP) is 2.62. The summed E-state index contributed by atoms with van der Waals surface area (Å²) in [6, 6.07) is 14.5. The molecule has 128 valence electrons. The molecular weight excluding hydrogens is 320 g/mol. The van der Waals surface area contributed by atoms with Crippen LogP contribution in [0.5, 0.6) is 0 Å². The minimum atomic E-state index is -0.365. The molecule has 1 aromatic heterocycles. The lowest BCUT2D eigenvalue weighted by atomic mass is 10.1. The number of rotatable bonds is 6. The van der Waals surface area contributed by atoms with Crippen LogP contribution in [0, 0.1) is 6.92 Å². The maximum atomic E-state index is 12.9. The monoisotopic (exact) mass is 344 g/mol. The van der Waals surface area contributed by atoms with Gasteiger partial charge in [0.25, 0.3) is 5.91 Å². The summed E-state index contributed by atoms with van der Waals surface area (Å²) in [6.45, 7) is 5.48. The summed E-state index contributed by atoms with van der Waals surface area (Å²) >= 11 is 1.75. The first-order valence-electron chi connectivity index (χ1n) is 8.43. The first-order chi connectivity index (χ1) is 11.7. The Hall–Kier alpha value is -1.69. The zero-order chi connectivity index (χ0) is 16.8. The van der Waals surface area contributed by atoms with Gasteiger partial charge in [0.15, 0.2) is 0 Å². The lowest BCUT2D eigenvalue weighted by molar-refractivity contribution is -0.145. The average molecular weight is 344 g/mol. The maximum absolute atomic E-state index is 12.9.